The number of rotatable bonds is 5. The summed E-state index contributed by atoms with van der Waals surface area (Å²) in [6, 6.07) is 24.3. The smallest absolute Gasteiger partial charge is 0.251 e. The first kappa shape index (κ1) is 18.0. The van der Waals surface area contributed by atoms with Gasteiger partial charge in [-0.05, 0) is 43.2 Å². The third kappa shape index (κ3) is 3.67. The quantitative estimate of drug-likeness (QED) is 0.557. The van der Waals surface area contributed by atoms with Crippen molar-refractivity contribution in [2.75, 3.05) is 0 Å². The molecule has 0 atom stereocenters. The summed E-state index contributed by atoms with van der Waals surface area (Å²) >= 11 is 0. The maximum absolute atomic E-state index is 12.7. The number of hydrogen-bond acceptors (Lipinski definition) is 2. The van der Waals surface area contributed by atoms with E-state index in [2.05, 4.69) is 28.1 Å². The zero-order chi connectivity index (χ0) is 19.5. The molecular formula is C24H23N3O. The van der Waals surface area contributed by atoms with Crippen LogP contribution in [0.5, 0.6) is 0 Å². The third-order valence-corrected chi connectivity index (χ3v) is 4.95. The first-order chi connectivity index (χ1) is 13.6. The minimum Gasteiger partial charge on any atom is -0.345 e. The summed E-state index contributed by atoms with van der Waals surface area (Å²) in [5.74, 6) is 0.777. The van der Waals surface area contributed by atoms with Crippen molar-refractivity contribution in [3.63, 3.8) is 0 Å². The lowest BCUT2D eigenvalue weighted by molar-refractivity contribution is 0.0949. The van der Waals surface area contributed by atoms with E-state index < -0.39 is 0 Å². The zero-order valence-electron chi connectivity index (χ0n) is 16.1. The second kappa shape index (κ2) is 7.69. The van der Waals surface area contributed by atoms with Crippen molar-refractivity contribution in [2.45, 2.75) is 26.9 Å². The molecule has 140 valence electrons. The fourth-order valence-electron chi connectivity index (χ4n) is 3.53. The van der Waals surface area contributed by atoms with E-state index in [9.17, 15) is 4.79 Å². The van der Waals surface area contributed by atoms with Gasteiger partial charge in [0.15, 0.2) is 0 Å². The van der Waals surface area contributed by atoms with Crippen LogP contribution in [0, 0.1) is 13.8 Å². The Hall–Kier alpha value is -3.40. The van der Waals surface area contributed by atoms with E-state index in [1.807, 2.05) is 68.4 Å². The van der Waals surface area contributed by atoms with Crippen molar-refractivity contribution >= 4 is 16.9 Å². The van der Waals surface area contributed by atoms with Crippen molar-refractivity contribution in [2.24, 2.45) is 0 Å². The molecule has 4 nitrogen and oxygen atoms in total. The van der Waals surface area contributed by atoms with Crippen LogP contribution < -0.4 is 5.32 Å². The fraction of sp³-hybridized carbons (Fsp3) is 0.167. The van der Waals surface area contributed by atoms with E-state index in [1.54, 1.807) is 0 Å². The SMILES string of the molecule is Cc1ccc(C(=O)NCc2nc3ccccc3n2Cc2ccccc2)c(C)c1. The van der Waals surface area contributed by atoms with Gasteiger partial charge >= 0.3 is 0 Å². The summed E-state index contributed by atoms with van der Waals surface area (Å²) in [5.41, 5.74) is 6.05. The van der Waals surface area contributed by atoms with Crippen molar-refractivity contribution in [3.8, 4) is 0 Å². The molecule has 1 aromatic heterocycles. The Morgan fingerprint density at radius 1 is 0.964 bits per heavy atom. The van der Waals surface area contributed by atoms with Crippen LogP contribution in [0.3, 0.4) is 0 Å². The highest BCUT2D eigenvalue weighted by Crippen LogP contribution is 2.18. The number of hydrogen-bond donors (Lipinski definition) is 1. The number of fused-ring (bicyclic) bond motifs is 1. The van der Waals surface area contributed by atoms with E-state index in [1.165, 1.54) is 5.56 Å². The van der Waals surface area contributed by atoms with Crippen molar-refractivity contribution in [1.29, 1.82) is 0 Å². The first-order valence-electron chi connectivity index (χ1n) is 9.45. The van der Waals surface area contributed by atoms with Gasteiger partial charge in [0.05, 0.1) is 17.6 Å². The molecule has 0 unspecified atom stereocenters. The van der Waals surface area contributed by atoms with Gasteiger partial charge in [0, 0.05) is 12.1 Å². The number of imidazole rings is 1. The summed E-state index contributed by atoms with van der Waals surface area (Å²) in [7, 11) is 0. The molecule has 1 N–H and O–H groups in total. The van der Waals surface area contributed by atoms with Crippen molar-refractivity contribution < 1.29 is 4.79 Å². The second-order valence-corrected chi connectivity index (χ2v) is 7.09. The summed E-state index contributed by atoms with van der Waals surface area (Å²) in [4.78, 5) is 17.4. The molecular weight excluding hydrogens is 346 g/mol. The third-order valence-electron chi connectivity index (χ3n) is 4.95. The van der Waals surface area contributed by atoms with E-state index >= 15 is 0 Å². The number of nitrogens with zero attached hydrogens (tertiary/aromatic N) is 2. The molecule has 28 heavy (non-hydrogen) atoms. The molecule has 0 saturated heterocycles. The highest BCUT2D eigenvalue weighted by Gasteiger charge is 2.14. The maximum Gasteiger partial charge on any atom is 0.251 e. The molecule has 3 aromatic carbocycles. The van der Waals surface area contributed by atoms with Crippen molar-refractivity contribution in [1.82, 2.24) is 14.9 Å². The molecule has 4 rings (SSSR count). The highest BCUT2D eigenvalue weighted by atomic mass is 16.1. The lowest BCUT2D eigenvalue weighted by Crippen LogP contribution is -2.25. The number of aryl methyl sites for hydroxylation is 2. The van der Waals surface area contributed by atoms with Crippen LogP contribution in [0.15, 0.2) is 72.8 Å². The van der Waals surface area contributed by atoms with Gasteiger partial charge in [-0.3, -0.25) is 4.79 Å². The second-order valence-electron chi connectivity index (χ2n) is 7.09. The highest BCUT2D eigenvalue weighted by molar-refractivity contribution is 5.95. The fourth-order valence-corrected chi connectivity index (χ4v) is 3.53. The molecule has 4 aromatic rings. The van der Waals surface area contributed by atoms with E-state index in [4.69, 9.17) is 4.98 Å². The van der Waals surface area contributed by atoms with Gasteiger partial charge in [0.2, 0.25) is 0 Å². The largest absolute Gasteiger partial charge is 0.345 e. The number of amides is 1. The molecule has 1 heterocycles. The van der Waals surface area contributed by atoms with Crippen LogP contribution in [0.2, 0.25) is 0 Å². The standard InChI is InChI=1S/C24H23N3O/c1-17-12-13-20(18(2)14-17)24(28)25-15-23-26-21-10-6-7-11-22(21)27(23)16-19-8-4-3-5-9-19/h3-14H,15-16H2,1-2H3,(H,25,28). The van der Waals surface area contributed by atoms with Crippen LogP contribution in [0.4, 0.5) is 0 Å². The minimum atomic E-state index is -0.0733. The molecule has 0 spiro atoms. The zero-order valence-corrected chi connectivity index (χ0v) is 16.1. The minimum absolute atomic E-state index is 0.0733. The van der Waals surface area contributed by atoms with Crippen LogP contribution >= 0.6 is 0 Å². The number of para-hydroxylation sites is 2. The summed E-state index contributed by atoms with van der Waals surface area (Å²) in [6.07, 6.45) is 0. The van der Waals surface area contributed by atoms with Gasteiger partial charge in [-0.15, -0.1) is 0 Å². The van der Waals surface area contributed by atoms with Gasteiger partial charge < -0.3 is 9.88 Å². The summed E-state index contributed by atoms with van der Waals surface area (Å²) in [5, 5.41) is 3.04. The first-order valence-corrected chi connectivity index (χ1v) is 9.45. The number of carbonyl (C=O) groups excluding carboxylic acids is 1. The molecule has 0 fully saturated rings. The Kier molecular flexibility index (Phi) is 4.94. The predicted octanol–water partition coefficient (Wildman–Crippen LogP) is 4.63. The van der Waals surface area contributed by atoms with Crippen LogP contribution in [0.25, 0.3) is 11.0 Å². The van der Waals surface area contributed by atoms with Crippen LogP contribution in [-0.4, -0.2) is 15.5 Å². The molecule has 4 heteroatoms. The summed E-state index contributed by atoms with van der Waals surface area (Å²) < 4.78 is 2.17. The number of aromatic nitrogens is 2. The topological polar surface area (TPSA) is 46.9 Å². The Labute approximate surface area is 164 Å². The molecule has 0 aliphatic carbocycles. The van der Waals surface area contributed by atoms with Crippen LogP contribution in [0.1, 0.15) is 32.9 Å². The average molecular weight is 369 g/mol. The van der Waals surface area contributed by atoms with Gasteiger partial charge in [-0.2, -0.15) is 0 Å². The summed E-state index contributed by atoms with van der Waals surface area (Å²) in [6.45, 7) is 5.09. The predicted molar refractivity (Wildman–Crippen MR) is 112 cm³/mol. The normalized spacial score (nSPS) is 10.9. The molecule has 0 saturated carbocycles. The Balaban J connectivity index is 1.61. The van der Waals surface area contributed by atoms with E-state index in [0.717, 1.165) is 34.5 Å². The monoisotopic (exact) mass is 369 g/mol. The van der Waals surface area contributed by atoms with Gasteiger partial charge in [-0.25, -0.2) is 4.98 Å². The molecule has 0 aliphatic heterocycles. The van der Waals surface area contributed by atoms with Gasteiger partial charge in [-0.1, -0.05) is 60.2 Å². The molecule has 0 aliphatic rings. The Bertz CT molecular complexity index is 1130. The number of benzene rings is 3. The Morgan fingerprint density at radius 3 is 2.50 bits per heavy atom. The number of nitrogens with one attached hydrogen (secondary N) is 1. The van der Waals surface area contributed by atoms with Gasteiger partial charge in [0.25, 0.3) is 5.91 Å². The molecule has 0 bridgehead atoms. The van der Waals surface area contributed by atoms with E-state index in [0.29, 0.717) is 12.1 Å². The maximum atomic E-state index is 12.7. The molecule has 1 amide bonds. The number of carbonyl (C=O) groups is 1. The van der Waals surface area contributed by atoms with Crippen LogP contribution in [-0.2, 0) is 13.1 Å². The van der Waals surface area contributed by atoms with Gasteiger partial charge in [0.1, 0.15) is 5.82 Å². The average Bonchev–Trinajstić information content (AvgIpc) is 3.04. The lowest BCUT2D eigenvalue weighted by atomic mass is 10.1. The van der Waals surface area contributed by atoms with Crippen molar-refractivity contribution in [3.05, 3.63) is 101 Å². The Morgan fingerprint density at radius 2 is 1.71 bits per heavy atom. The van der Waals surface area contributed by atoms with E-state index in [-0.39, 0.29) is 5.91 Å². The molecule has 0 radical (unpaired) electrons. The lowest BCUT2D eigenvalue weighted by Gasteiger charge is -2.11.